The van der Waals surface area contributed by atoms with E-state index in [0.717, 1.165) is 23.5 Å². The smallest absolute Gasteiger partial charge is 0.262 e. The molecule has 0 spiro atoms. The lowest BCUT2D eigenvalue weighted by Gasteiger charge is -2.15. The molecule has 11 nitrogen and oxygen atoms in total. The predicted octanol–water partition coefficient (Wildman–Crippen LogP) is 4.36. The molecule has 2 N–H and O–H groups in total. The lowest BCUT2D eigenvalue weighted by atomic mass is 10.2. The van der Waals surface area contributed by atoms with E-state index in [-0.39, 0.29) is 22.2 Å². The zero-order valence-corrected chi connectivity index (χ0v) is 22.0. The molecule has 0 aliphatic heterocycles. The predicted molar refractivity (Wildman–Crippen MR) is 140 cm³/mol. The minimum Gasteiger partial charge on any atom is -0.497 e. The first kappa shape index (κ1) is 25.9. The molecular formula is C25H22F2N8O3S. The highest BCUT2D eigenvalue weighted by Crippen LogP contribution is 2.32. The second-order valence-electron chi connectivity index (χ2n) is 8.56. The maximum absolute atomic E-state index is 15.5. The number of fused-ring (bicyclic) bond motifs is 1. The van der Waals surface area contributed by atoms with Crippen LogP contribution in [0.15, 0.2) is 54.1 Å². The van der Waals surface area contributed by atoms with E-state index in [2.05, 4.69) is 35.0 Å². The van der Waals surface area contributed by atoms with E-state index in [1.165, 1.54) is 37.8 Å². The van der Waals surface area contributed by atoms with Crippen LogP contribution in [0.2, 0.25) is 0 Å². The van der Waals surface area contributed by atoms with Gasteiger partial charge in [0.25, 0.3) is 10.0 Å². The van der Waals surface area contributed by atoms with Gasteiger partial charge in [0.2, 0.25) is 5.95 Å². The van der Waals surface area contributed by atoms with Crippen LogP contribution < -0.4 is 14.8 Å². The Morgan fingerprint density at radius 1 is 1.00 bits per heavy atom. The maximum Gasteiger partial charge on any atom is 0.262 e. The second-order valence-corrected chi connectivity index (χ2v) is 10.2. The van der Waals surface area contributed by atoms with Crippen molar-refractivity contribution in [3.05, 3.63) is 77.8 Å². The number of rotatable bonds is 7. The molecule has 200 valence electrons. The van der Waals surface area contributed by atoms with Gasteiger partial charge in [0.05, 0.1) is 29.6 Å². The molecule has 5 aromatic rings. The van der Waals surface area contributed by atoms with Crippen LogP contribution in [0.3, 0.4) is 0 Å². The third-order valence-electron chi connectivity index (χ3n) is 6.08. The molecule has 0 atom stereocenters. The van der Waals surface area contributed by atoms with Gasteiger partial charge in [-0.15, -0.1) is 0 Å². The summed E-state index contributed by atoms with van der Waals surface area (Å²) in [5.41, 5.74) is 1.39. The number of aromatic nitrogens is 6. The van der Waals surface area contributed by atoms with Crippen LogP contribution >= 0.6 is 0 Å². The standard InChI is InChI=1S/C25H22F2N8O3S/c1-13-9-16(38-4)5-8-20(13)39(36,37)34-18-7-6-17(26)22(21(18)27)32-24-23-19(29-11-30-24)10-28-25(33-23)35-12-31-14(2)15(35)3/h5-12,34H,1-4H3,(H,29,30,32). The molecule has 0 saturated carbocycles. The van der Waals surface area contributed by atoms with E-state index >= 15 is 4.39 Å². The van der Waals surface area contributed by atoms with Crippen LogP contribution in [0.25, 0.3) is 17.0 Å². The Morgan fingerprint density at radius 2 is 1.79 bits per heavy atom. The lowest BCUT2D eigenvalue weighted by Crippen LogP contribution is -2.16. The molecule has 0 unspecified atom stereocenters. The highest BCUT2D eigenvalue weighted by atomic mass is 32.2. The van der Waals surface area contributed by atoms with Crippen LogP contribution in [-0.4, -0.2) is 45.0 Å². The number of halogens is 2. The topological polar surface area (TPSA) is 137 Å². The number of aryl methyl sites for hydroxylation is 2. The van der Waals surface area contributed by atoms with Gasteiger partial charge in [-0.2, -0.15) is 0 Å². The fourth-order valence-corrected chi connectivity index (χ4v) is 5.15. The Hall–Kier alpha value is -4.72. The molecule has 0 amide bonds. The summed E-state index contributed by atoms with van der Waals surface area (Å²) in [4.78, 5) is 21.2. The molecule has 0 bridgehead atoms. The highest BCUT2D eigenvalue weighted by molar-refractivity contribution is 7.92. The number of imidazole rings is 1. The average Bonchev–Trinajstić information content (AvgIpc) is 3.25. The molecule has 3 heterocycles. The number of methoxy groups -OCH3 is 1. The molecule has 14 heteroatoms. The number of sulfonamides is 1. The Balaban J connectivity index is 1.52. The monoisotopic (exact) mass is 552 g/mol. The van der Waals surface area contributed by atoms with Crippen molar-refractivity contribution in [2.75, 3.05) is 17.1 Å². The second kappa shape index (κ2) is 9.87. The zero-order valence-electron chi connectivity index (χ0n) is 21.2. The minimum absolute atomic E-state index is 0.0121. The van der Waals surface area contributed by atoms with Crippen LogP contribution in [0.4, 0.5) is 26.0 Å². The minimum atomic E-state index is -4.22. The first-order valence-electron chi connectivity index (χ1n) is 11.5. The van der Waals surface area contributed by atoms with E-state index < -0.39 is 33.0 Å². The normalized spacial score (nSPS) is 11.5. The van der Waals surface area contributed by atoms with Crippen molar-refractivity contribution < 1.29 is 21.9 Å². The van der Waals surface area contributed by atoms with Crippen LogP contribution in [0, 0.1) is 32.4 Å². The highest BCUT2D eigenvalue weighted by Gasteiger charge is 2.23. The third-order valence-corrected chi connectivity index (χ3v) is 7.61. The van der Waals surface area contributed by atoms with E-state index in [9.17, 15) is 12.8 Å². The van der Waals surface area contributed by atoms with Gasteiger partial charge in [-0.05, 0) is 56.7 Å². The molecule has 0 aliphatic rings. The molecule has 0 radical (unpaired) electrons. The van der Waals surface area contributed by atoms with Gasteiger partial charge >= 0.3 is 0 Å². The van der Waals surface area contributed by atoms with Crippen molar-refractivity contribution in [2.45, 2.75) is 25.7 Å². The summed E-state index contributed by atoms with van der Waals surface area (Å²) in [5.74, 6) is -1.43. The van der Waals surface area contributed by atoms with Gasteiger partial charge in [-0.25, -0.2) is 42.1 Å². The van der Waals surface area contributed by atoms with E-state index in [1.54, 1.807) is 17.8 Å². The van der Waals surface area contributed by atoms with Gasteiger partial charge in [0, 0.05) is 5.69 Å². The molecule has 2 aromatic carbocycles. The SMILES string of the molecule is COc1ccc(S(=O)(=O)Nc2ccc(F)c(Nc3ncnc4cnc(-n5cnc(C)c5C)nc34)c2F)c(C)c1. The molecule has 0 aliphatic carbocycles. The van der Waals surface area contributed by atoms with Crippen molar-refractivity contribution in [3.8, 4) is 11.7 Å². The summed E-state index contributed by atoms with van der Waals surface area (Å²) in [5, 5.41) is 2.61. The van der Waals surface area contributed by atoms with Crippen molar-refractivity contribution in [2.24, 2.45) is 0 Å². The average molecular weight is 553 g/mol. The van der Waals surface area contributed by atoms with Gasteiger partial charge in [-0.1, -0.05) is 0 Å². The van der Waals surface area contributed by atoms with Crippen molar-refractivity contribution >= 4 is 38.2 Å². The Labute approximate surface area is 222 Å². The van der Waals surface area contributed by atoms with Gasteiger partial charge < -0.3 is 10.1 Å². The molecule has 39 heavy (non-hydrogen) atoms. The summed E-state index contributed by atoms with van der Waals surface area (Å²) < 4.78 is 65.4. The Morgan fingerprint density at radius 3 is 2.49 bits per heavy atom. The first-order valence-corrected chi connectivity index (χ1v) is 13.0. The maximum atomic E-state index is 15.5. The summed E-state index contributed by atoms with van der Waals surface area (Å²) in [7, 11) is -2.76. The van der Waals surface area contributed by atoms with Gasteiger partial charge in [-0.3, -0.25) is 9.29 Å². The summed E-state index contributed by atoms with van der Waals surface area (Å²) in [6, 6.07) is 6.27. The largest absolute Gasteiger partial charge is 0.497 e. The third kappa shape index (κ3) is 4.81. The fraction of sp³-hybridized carbons (Fsp3) is 0.160. The van der Waals surface area contributed by atoms with Crippen LogP contribution in [0.5, 0.6) is 5.75 Å². The summed E-state index contributed by atoms with van der Waals surface area (Å²) in [6.45, 7) is 5.26. The van der Waals surface area contributed by atoms with Crippen molar-refractivity contribution in [3.63, 3.8) is 0 Å². The van der Waals surface area contributed by atoms with Gasteiger partial charge in [0.15, 0.2) is 11.6 Å². The van der Waals surface area contributed by atoms with Crippen LogP contribution in [-0.2, 0) is 10.0 Å². The number of hydrogen-bond donors (Lipinski definition) is 2. The number of anilines is 3. The number of nitrogens with zero attached hydrogens (tertiary/aromatic N) is 6. The van der Waals surface area contributed by atoms with Gasteiger partial charge in [0.1, 0.15) is 40.9 Å². The number of ether oxygens (including phenoxy) is 1. The quantitative estimate of drug-likeness (QED) is 0.302. The van der Waals surface area contributed by atoms with Crippen LogP contribution in [0.1, 0.15) is 17.0 Å². The number of benzene rings is 2. The molecule has 0 saturated heterocycles. The lowest BCUT2D eigenvalue weighted by molar-refractivity contribution is 0.414. The number of hydrogen-bond acceptors (Lipinski definition) is 9. The Kier molecular flexibility index (Phi) is 6.56. The Bertz CT molecular complexity index is 1840. The summed E-state index contributed by atoms with van der Waals surface area (Å²) in [6.07, 6.45) is 4.20. The van der Waals surface area contributed by atoms with E-state index in [4.69, 9.17) is 4.74 Å². The fourth-order valence-electron chi connectivity index (χ4n) is 3.87. The van der Waals surface area contributed by atoms with E-state index in [0.29, 0.717) is 16.8 Å². The molecule has 5 rings (SSSR count). The molecule has 0 fully saturated rings. The van der Waals surface area contributed by atoms with Crippen molar-refractivity contribution in [1.82, 2.24) is 29.5 Å². The van der Waals surface area contributed by atoms with Crippen molar-refractivity contribution in [1.29, 1.82) is 0 Å². The number of nitrogens with one attached hydrogen (secondary N) is 2. The van der Waals surface area contributed by atoms with E-state index in [1.807, 2.05) is 13.8 Å². The first-order chi connectivity index (χ1) is 18.6. The summed E-state index contributed by atoms with van der Waals surface area (Å²) >= 11 is 0. The molecule has 3 aromatic heterocycles. The molecular weight excluding hydrogens is 530 g/mol. The zero-order chi connectivity index (χ0) is 27.9.